The first-order chi connectivity index (χ1) is 9.43. The zero-order valence-corrected chi connectivity index (χ0v) is 11.4. The predicted octanol–water partition coefficient (Wildman–Crippen LogP) is 0.390. The minimum Gasteiger partial charge on any atom is -0.495 e. The fraction of sp³-hybridized carbons (Fsp3) is 0.385. The highest BCUT2D eigenvalue weighted by molar-refractivity contribution is 5.75. The molecule has 0 unspecified atom stereocenters. The van der Waals surface area contributed by atoms with Gasteiger partial charge in [0.2, 0.25) is 0 Å². The molecule has 0 fully saturated rings. The maximum Gasteiger partial charge on any atom is 0.323 e. The van der Waals surface area contributed by atoms with E-state index in [1.807, 2.05) is 0 Å². The van der Waals surface area contributed by atoms with E-state index in [0.29, 0.717) is 18.0 Å². The van der Waals surface area contributed by atoms with Crippen molar-refractivity contribution in [2.75, 3.05) is 32.1 Å². The first-order valence-corrected chi connectivity index (χ1v) is 5.96. The van der Waals surface area contributed by atoms with Gasteiger partial charge in [0.15, 0.2) is 0 Å². The smallest absolute Gasteiger partial charge is 0.323 e. The molecule has 1 aromatic carbocycles. The third-order valence-corrected chi connectivity index (χ3v) is 2.63. The van der Waals surface area contributed by atoms with Gasteiger partial charge in [0.1, 0.15) is 12.3 Å². The lowest BCUT2D eigenvalue weighted by molar-refractivity contribution is -0.136. The maximum atomic E-state index is 10.7. The number of ether oxygens (including phenoxy) is 1. The van der Waals surface area contributed by atoms with Crippen LogP contribution in [0.4, 0.5) is 5.69 Å². The number of carbonyl (C=O) groups is 2. The fourth-order valence-electron chi connectivity index (χ4n) is 1.75. The quantitative estimate of drug-likeness (QED) is 0.634. The zero-order chi connectivity index (χ0) is 15.1. The van der Waals surface area contributed by atoms with Crippen LogP contribution in [0.5, 0.6) is 5.75 Å². The van der Waals surface area contributed by atoms with Crippen molar-refractivity contribution in [2.45, 2.75) is 6.54 Å². The van der Waals surface area contributed by atoms with Crippen LogP contribution in [0.25, 0.3) is 0 Å². The molecule has 0 aliphatic heterocycles. The molecule has 0 heterocycles. The highest BCUT2D eigenvalue weighted by Crippen LogP contribution is 2.28. The summed E-state index contributed by atoms with van der Waals surface area (Å²) in [5.74, 6) is -1.31. The number of anilines is 1. The van der Waals surface area contributed by atoms with Gasteiger partial charge in [-0.05, 0) is 17.7 Å². The topological polar surface area (TPSA) is 99.1 Å². The highest BCUT2D eigenvalue weighted by Gasteiger charge is 2.11. The molecule has 1 aromatic rings. The van der Waals surface area contributed by atoms with E-state index in [1.54, 1.807) is 30.1 Å². The van der Waals surface area contributed by atoms with Gasteiger partial charge in [-0.1, -0.05) is 6.07 Å². The van der Waals surface area contributed by atoms with Crippen LogP contribution in [0, 0.1) is 0 Å². The lowest BCUT2D eigenvalue weighted by atomic mass is 10.1. The predicted molar refractivity (Wildman–Crippen MR) is 73.2 cm³/mol. The number of likely N-dealkylation sites (N-methyl/N-ethyl adjacent to an activating group) is 1. The Kier molecular flexibility index (Phi) is 5.79. The first kappa shape index (κ1) is 15.8. The summed E-state index contributed by atoms with van der Waals surface area (Å²) >= 11 is 0. The summed E-state index contributed by atoms with van der Waals surface area (Å²) in [7, 11) is 3.16. The Balaban J connectivity index is 2.79. The molecule has 0 bridgehead atoms. The number of hydrogen-bond acceptors (Lipinski definition) is 5. The van der Waals surface area contributed by atoms with Crippen molar-refractivity contribution >= 4 is 17.6 Å². The van der Waals surface area contributed by atoms with Crippen molar-refractivity contribution < 1.29 is 24.5 Å². The van der Waals surface area contributed by atoms with Crippen LogP contribution in [0.3, 0.4) is 0 Å². The normalized spacial score (nSPS) is 10.1. The summed E-state index contributed by atoms with van der Waals surface area (Å²) in [6.45, 7) is 0.140. The standard InChI is InChI=1S/C13H18N2O5/c1-15(8-13(18)19)10-4-3-9(5-11(10)20-2)6-14-7-12(16)17/h3-5,14H,6-8H2,1-2H3,(H,16,17)(H,18,19). The number of benzene rings is 1. The number of nitrogens with one attached hydrogen (secondary N) is 1. The minimum absolute atomic E-state index is 0.122. The number of nitrogens with zero attached hydrogens (tertiary/aromatic N) is 1. The largest absolute Gasteiger partial charge is 0.495 e. The summed E-state index contributed by atoms with van der Waals surface area (Å²) in [5, 5.41) is 20.1. The Hall–Kier alpha value is -2.28. The van der Waals surface area contributed by atoms with Gasteiger partial charge in [-0.3, -0.25) is 9.59 Å². The Labute approximate surface area is 116 Å². The number of rotatable bonds is 8. The maximum absolute atomic E-state index is 10.7. The average molecular weight is 282 g/mol. The number of carboxylic acid groups (broad SMARTS) is 2. The number of carboxylic acids is 2. The Morgan fingerprint density at radius 1 is 1.30 bits per heavy atom. The van der Waals surface area contributed by atoms with Gasteiger partial charge in [0.25, 0.3) is 0 Å². The molecule has 0 aliphatic carbocycles. The van der Waals surface area contributed by atoms with E-state index in [0.717, 1.165) is 5.56 Å². The Morgan fingerprint density at radius 2 is 2.00 bits per heavy atom. The monoisotopic (exact) mass is 282 g/mol. The summed E-state index contributed by atoms with van der Waals surface area (Å²) in [6.07, 6.45) is 0. The second-order valence-electron chi connectivity index (χ2n) is 4.25. The Bertz CT molecular complexity index is 490. The van der Waals surface area contributed by atoms with Gasteiger partial charge < -0.3 is 25.2 Å². The molecule has 0 aromatic heterocycles. The molecule has 0 aliphatic rings. The van der Waals surface area contributed by atoms with Crippen LogP contribution in [-0.4, -0.2) is 49.4 Å². The summed E-state index contributed by atoms with van der Waals surface area (Å²) < 4.78 is 5.24. The zero-order valence-electron chi connectivity index (χ0n) is 11.4. The van der Waals surface area contributed by atoms with E-state index >= 15 is 0 Å². The minimum atomic E-state index is -0.929. The molecule has 0 spiro atoms. The van der Waals surface area contributed by atoms with Crippen molar-refractivity contribution in [1.29, 1.82) is 0 Å². The lowest BCUT2D eigenvalue weighted by Gasteiger charge is -2.20. The van der Waals surface area contributed by atoms with Crippen molar-refractivity contribution in [3.63, 3.8) is 0 Å². The van der Waals surface area contributed by atoms with E-state index in [2.05, 4.69) is 5.32 Å². The van der Waals surface area contributed by atoms with Crippen molar-refractivity contribution in [2.24, 2.45) is 0 Å². The first-order valence-electron chi connectivity index (χ1n) is 5.96. The average Bonchev–Trinajstić information content (AvgIpc) is 2.37. The molecule has 20 heavy (non-hydrogen) atoms. The SMILES string of the molecule is COc1cc(CNCC(=O)O)ccc1N(C)CC(=O)O. The van der Waals surface area contributed by atoms with Crippen molar-refractivity contribution in [1.82, 2.24) is 5.32 Å². The van der Waals surface area contributed by atoms with Gasteiger partial charge >= 0.3 is 11.9 Å². The summed E-state index contributed by atoms with van der Waals surface area (Å²) in [4.78, 5) is 22.7. The van der Waals surface area contributed by atoms with Gasteiger partial charge in [-0.25, -0.2) is 0 Å². The lowest BCUT2D eigenvalue weighted by Crippen LogP contribution is -2.25. The molecule has 1 rings (SSSR count). The van der Waals surface area contributed by atoms with Gasteiger partial charge in [-0.2, -0.15) is 0 Å². The molecule has 7 nitrogen and oxygen atoms in total. The van der Waals surface area contributed by atoms with Crippen LogP contribution in [0.1, 0.15) is 5.56 Å². The highest BCUT2D eigenvalue weighted by atomic mass is 16.5. The van der Waals surface area contributed by atoms with Gasteiger partial charge in [-0.15, -0.1) is 0 Å². The van der Waals surface area contributed by atoms with Crippen molar-refractivity contribution in [3.8, 4) is 5.75 Å². The molecule has 3 N–H and O–H groups in total. The Morgan fingerprint density at radius 3 is 2.55 bits per heavy atom. The fourth-order valence-corrected chi connectivity index (χ4v) is 1.75. The molecule has 0 amide bonds. The van der Waals surface area contributed by atoms with Crippen LogP contribution in [0.15, 0.2) is 18.2 Å². The van der Waals surface area contributed by atoms with Crippen LogP contribution >= 0.6 is 0 Å². The van der Waals surface area contributed by atoms with E-state index in [-0.39, 0.29) is 13.1 Å². The molecular formula is C13H18N2O5. The number of methoxy groups -OCH3 is 1. The van der Waals surface area contributed by atoms with E-state index in [9.17, 15) is 9.59 Å². The van der Waals surface area contributed by atoms with E-state index in [4.69, 9.17) is 14.9 Å². The summed E-state index contributed by atoms with van der Waals surface area (Å²) in [5.41, 5.74) is 1.52. The molecule has 0 radical (unpaired) electrons. The van der Waals surface area contributed by atoms with Gasteiger partial charge in [0, 0.05) is 13.6 Å². The van der Waals surface area contributed by atoms with E-state index in [1.165, 1.54) is 7.11 Å². The number of aliphatic carboxylic acids is 2. The van der Waals surface area contributed by atoms with Crippen LogP contribution in [-0.2, 0) is 16.1 Å². The number of hydrogen-bond donors (Lipinski definition) is 3. The molecule has 110 valence electrons. The second-order valence-corrected chi connectivity index (χ2v) is 4.25. The molecule has 0 atom stereocenters. The molecular weight excluding hydrogens is 264 g/mol. The van der Waals surface area contributed by atoms with Gasteiger partial charge in [0.05, 0.1) is 19.3 Å². The molecule has 7 heteroatoms. The van der Waals surface area contributed by atoms with Crippen molar-refractivity contribution in [3.05, 3.63) is 23.8 Å². The third kappa shape index (κ3) is 4.77. The molecule has 0 saturated carbocycles. The second kappa shape index (κ2) is 7.34. The summed E-state index contributed by atoms with van der Waals surface area (Å²) in [6, 6.07) is 5.30. The molecule has 0 saturated heterocycles. The van der Waals surface area contributed by atoms with E-state index < -0.39 is 11.9 Å². The van der Waals surface area contributed by atoms with Crippen LogP contribution < -0.4 is 15.0 Å². The van der Waals surface area contributed by atoms with Crippen LogP contribution in [0.2, 0.25) is 0 Å². The third-order valence-electron chi connectivity index (χ3n) is 2.63.